The summed E-state index contributed by atoms with van der Waals surface area (Å²) in [6, 6.07) is 11.4. The van der Waals surface area contributed by atoms with Crippen LogP contribution in [0.3, 0.4) is 0 Å². The van der Waals surface area contributed by atoms with Gasteiger partial charge in [-0.25, -0.2) is 4.99 Å². The number of unbranched alkanes of at least 4 members (excludes halogenated alkanes) is 2. The molecule has 2 unspecified atom stereocenters. The molecule has 2 atom stereocenters. The Balaban J connectivity index is 1.58. The molecular formula is C32H44N4O4. The van der Waals surface area contributed by atoms with Gasteiger partial charge in [0.25, 0.3) is 5.91 Å². The maximum Gasteiger partial charge on any atom is 0.251 e. The van der Waals surface area contributed by atoms with Gasteiger partial charge < -0.3 is 20.5 Å². The molecule has 2 aliphatic heterocycles. The van der Waals surface area contributed by atoms with Gasteiger partial charge in [-0.1, -0.05) is 38.8 Å². The summed E-state index contributed by atoms with van der Waals surface area (Å²) in [6.45, 7) is 10.8. The molecule has 4 rings (SSSR count). The first kappa shape index (κ1) is 29.4. The van der Waals surface area contributed by atoms with Crippen LogP contribution in [0.1, 0.15) is 106 Å². The summed E-state index contributed by atoms with van der Waals surface area (Å²) >= 11 is 0. The van der Waals surface area contributed by atoms with Gasteiger partial charge in [0.1, 0.15) is 17.1 Å². The molecule has 8 nitrogen and oxygen atoms in total. The average Bonchev–Trinajstić information content (AvgIpc) is 2.91. The van der Waals surface area contributed by atoms with Crippen LogP contribution in [0, 0.1) is 0 Å². The number of nitrogens with zero attached hydrogens (tertiary/aromatic N) is 2. The van der Waals surface area contributed by atoms with Crippen LogP contribution in [0.15, 0.2) is 41.4 Å². The molecule has 216 valence electrons. The molecule has 0 saturated carbocycles. The van der Waals surface area contributed by atoms with Crippen LogP contribution in [-0.2, 0) is 17.8 Å². The highest BCUT2D eigenvalue weighted by molar-refractivity contribution is 5.98. The van der Waals surface area contributed by atoms with Crippen molar-refractivity contribution < 1.29 is 19.1 Å². The highest BCUT2D eigenvalue weighted by atomic mass is 16.5. The topological polar surface area (TPSA) is 106 Å². The van der Waals surface area contributed by atoms with Crippen LogP contribution < -0.4 is 20.5 Å². The van der Waals surface area contributed by atoms with E-state index in [0.29, 0.717) is 36.3 Å². The minimum Gasteiger partial charge on any atom is -0.494 e. The van der Waals surface area contributed by atoms with E-state index in [9.17, 15) is 9.59 Å². The second kappa shape index (κ2) is 12.7. The van der Waals surface area contributed by atoms with E-state index in [1.54, 1.807) is 18.2 Å². The Morgan fingerprint density at radius 2 is 1.98 bits per heavy atom. The summed E-state index contributed by atoms with van der Waals surface area (Å²) < 4.78 is 12.1. The zero-order valence-corrected chi connectivity index (χ0v) is 24.6. The molecule has 0 fully saturated rings. The van der Waals surface area contributed by atoms with Crippen molar-refractivity contribution >= 4 is 17.8 Å². The third-order valence-electron chi connectivity index (χ3n) is 7.63. The fourth-order valence-corrected chi connectivity index (χ4v) is 5.47. The first-order valence-electron chi connectivity index (χ1n) is 14.7. The minimum absolute atomic E-state index is 0.0764. The molecule has 2 aromatic rings. The number of nitrogens with one attached hydrogen (secondary N) is 1. The van der Waals surface area contributed by atoms with Gasteiger partial charge in [-0.05, 0) is 69.9 Å². The van der Waals surface area contributed by atoms with Gasteiger partial charge in [0.05, 0.1) is 25.2 Å². The maximum atomic E-state index is 13.6. The average molecular weight is 549 g/mol. The van der Waals surface area contributed by atoms with E-state index in [2.05, 4.69) is 29.4 Å². The normalized spacial score (nSPS) is 19.9. The van der Waals surface area contributed by atoms with Crippen LogP contribution in [0.4, 0.5) is 0 Å². The summed E-state index contributed by atoms with van der Waals surface area (Å²) in [5.41, 5.74) is 9.24. The summed E-state index contributed by atoms with van der Waals surface area (Å²) in [7, 11) is 0. The summed E-state index contributed by atoms with van der Waals surface area (Å²) in [5.74, 6) is 1.37. The molecule has 0 radical (unpaired) electrons. The van der Waals surface area contributed by atoms with Crippen LogP contribution in [0.25, 0.3) is 0 Å². The largest absolute Gasteiger partial charge is 0.494 e. The summed E-state index contributed by atoms with van der Waals surface area (Å²) in [5, 5.41) is 3.27. The van der Waals surface area contributed by atoms with Crippen molar-refractivity contribution in [3.8, 4) is 11.5 Å². The number of nitrogens with two attached hydrogens (primary N) is 1. The lowest BCUT2D eigenvalue weighted by atomic mass is 9.88. The molecule has 0 bridgehead atoms. The summed E-state index contributed by atoms with van der Waals surface area (Å²) in [4.78, 5) is 32.4. The van der Waals surface area contributed by atoms with Gasteiger partial charge in [0.2, 0.25) is 5.91 Å². The lowest BCUT2D eigenvalue weighted by molar-refractivity contribution is -0.128. The van der Waals surface area contributed by atoms with Crippen LogP contribution in [-0.4, -0.2) is 40.9 Å². The predicted octanol–water partition coefficient (Wildman–Crippen LogP) is 5.68. The number of ether oxygens (including phenoxy) is 2. The Bertz CT molecular complexity index is 1260. The van der Waals surface area contributed by atoms with Crippen molar-refractivity contribution in [2.75, 3.05) is 6.61 Å². The number of hydrogen-bond donors (Lipinski definition) is 2. The van der Waals surface area contributed by atoms with Crippen molar-refractivity contribution in [3.05, 3.63) is 58.7 Å². The van der Waals surface area contributed by atoms with Gasteiger partial charge in [0, 0.05) is 29.5 Å². The number of amides is 2. The fraction of sp³-hybridized carbons (Fsp3) is 0.531. The van der Waals surface area contributed by atoms with E-state index in [1.807, 2.05) is 33.8 Å². The number of aryl methyl sites for hydroxylation is 1. The standard InChI is InChI=1S/C32H44N4O4/c1-6-9-10-11-21-12-14-28-25(16-21)26(19-32(4,5)40-28)35-30(38)22-13-15-27(39-8-3)23(17-22)20-36-29(37)18-24(7-2)34-31(36)33/h12-17,24,26H,6-11,18-20H2,1-5H3,(H2,33,34)(H,35,38). The predicted molar refractivity (Wildman–Crippen MR) is 158 cm³/mol. The van der Waals surface area contributed by atoms with Crippen molar-refractivity contribution in [1.29, 1.82) is 0 Å². The minimum atomic E-state index is -0.416. The molecule has 40 heavy (non-hydrogen) atoms. The van der Waals surface area contributed by atoms with E-state index >= 15 is 0 Å². The second-order valence-corrected chi connectivity index (χ2v) is 11.4. The molecule has 0 aromatic heterocycles. The summed E-state index contributed by atoms with van der Waals surface area (Å²) in [6.07, 6.45) is 6.25. The van der Waals surface area contributed by atoms with Gasteiger partial charge in [-0.2, -0.15) is 0 Å². The Kier molecular flexibility index (Phi) is 9.38. The number of hydrogen-bond acceptors (Lipinski definition) is 6. The smallest absolute Gasteiger partial charge is 0.251 e. The third-order valence-corrected chi connectivity index (χ3v) is 7.63. The molecule has 8 heteroatoms. The van der Waals surface area contributed by atoms with E-state index in [0.717, 1.165) is 30.6 Å². The van der Waals surface area contributed by atoms with E-state index < -0.39 is 5.60 Å². The Hall–Kier alpha value is -3.55. The zero-order valence-electron chi connectivity index (χ0n) is 24.6. The molecule has 3 N–H and O–H groups in total. The SMILES string of the molecule is CCCCCc1ccc2c(c1)C(NC(=O)c1ccc(OCC)c(CN3C(=O)CC(CC)N=C3N)c1)CC(C)(C)O2. The zero-order chi connectivity index (χ0) is 28.9. The lowest BCUT2D eigenvalue weighted by Crippen LogP contribution is -2.46. The molecule has 0 aliphatic carbocycles. The number of fused-ring (bicyclic) bond motifs is 1. The van der Waals surface area contributed by atoms with Gasteiger partial charge in [-0.3, -0.25) is 14.5 Å². The van der Waals surface area contributed by atoms with Gasteiger partial charge >= 0.3 is 0 Å². The third kappa shape index (κ3) is 6.95. The van der Waals surface area contributed by atoms with Crippen LogP contribution in [0.2, 0.25) is 0 Å². The van der Waals surface area contributed by atoms with Crippen molar-refractivity contribution in [2.45, 2.75) is 104 Å². The number of rotatable bonds is 11. The molecule has 0 spiro atoms. The Morgan fingerprint density at radius 3 is 2.67 bits per heavy atom. The van der Waals surface area contributed by atoms with E-state index in [-0.39, 0.29) is 36.4 Å². The van der Waals surface area contributed by atoms with Gasteiger partial charge in [-0.15, -0.1) is 0 Å². The quantitative estimate of drug-likeness (QED) is 0.352. The van der Waals surface area contributed by atoms with Gasteiger partial charge in [0.15, 0.2) is 5.96 Å². The van der Waals surface area contributed by atoms with Crippen LogP contribution >= 0.6 is 0 Å². The first-order valence-corrected chi connectivity index (χ1v) is 14.7. The molecule has 2 aromatic carbocycles. The maximum absolute atomic E-state index is 13.6. The van der Waals surface area contributed by atoms with Crippen molar-refractivity contribution in [3.63, 3.8) is 0 Å². The molecule has 0 saturated heterocycles. The number of benzene rings is 2. The number of aliphatic imine (C=N–C) groups is 1. The van der Waals surface area contributed by atoms with Crippen LogP contribution in [0.5, 0.6) is 11.5 Å². The monoisotopic (exact) mass is 548 g/mol. The van der Waals surface area contributed by atoms with E-state index in [4.69, 9.17) is 15.2 Å². The highest BCUT2D eigenvalue weighted by Crippen LogP contribution is 2.40. The number of carbonyl (C=O) groups excluding carboxylic acids is 2. The molecule has 2 amide bonds. The number of guanidine groups is 1. The lowest BCUT2D eigenvalue weighted by Gasteiger charge is -2.38. The molecular weight excluding hydrogens is 504 g/mol. The molecule has 2 aliphatic rings. The van der Waals surface area contributed by atoms with Crippen molar-refractivity contribution in [2.24, 2.45) is 10.7 Å². The van der Waals surface area contributed by atoms with Crippen molar-refractivity contribution in [1.82, 2.24) is 10.2 Å². The molecule has 2 heterocycles. The highest BCUT2D eigenvalue weighted by Gasteiger charge is 2.35. The fourth-order valence-electron chi connectivity index (χ4n) is 5.47. The Labute approximate surface area is 238 Å². The Morgan fingerprint density at radius 1 is 1.18 bits per heavy atom. The first-order chi connectivity index (χ1) is 19.1. The second-order valence-electron chi connectivity index (χ2n) is 11.4. The number of carbonyl (C=O) groups is 2. The van der Waals surface area contributed by atoms with E-state index in [1.165, 1.54) is 23.3 Å².